The minimum absolute atomic E-state index is 0. The number of aliphatic hydroxyl groups excluding tert-OH is 1. The van der Waals surface area contributed by atoms with Crippen molar-refractivity contribution in [3.05, 3.63) is 34.9 Å². The molecule has 2 rings (SSSR count). The van der Waals surface area contributed by atoms with E-state index in [4.69, 9.17) is 16.3 Å². The number of amides is 1. The van der Waals surface area contributed by atoms with Gasteiger partial charge in [-0.15, -0.1) is 12.4 Å². The standard InChI is InChI=1S/C14H19ClN2O3.ClH/c1-9-13(16-5-6-20-9)14(19)17-8-12(18)10-3-2-4-11(15)7-10;/h2-4,7,9,12-13,16,18H,5-6,8H2,1H3,(H,17,19);1H/t9-,12?,13+;/m1./s1. The van der Waals surface area contributed by atoms with Crippen LogP contribution in [0.2, 0.25) is 5.02 Å². The second kappa shape index (κ2) is 8.56. The molecule has 3 N–H and O–H groups in total. The van der Waals surface area contributed by atoms with Crippen LogP contribution in [0.4, 0.5) is 0 Å². The molecule has 0 aromatic heterocycles. The van der Waals surface area contributed by atoms with Crippen molar-refractivity contribution in [2.24, 2.45) is 0 Å². The molecule has 0 aliphatic carbocycles. The summed E-state index contributed by atoms with van der Waals surface area (Å²) in [5.41, 5.74) is 0.679. The highest BCUT2D eigenvalue weighted by Gasteiger charge is 2.28. The molecule has 5 nitrogen and oxygen atoms in total. The second-order valence-corrected chi connectivity index (χ2v) is 5.26. The van der Waals surface area contributed by atoms with E-state index in [0.717, 1.165) is 0 Å². The molecule has 1 fully saturated rings. The molecule has 3 atom stereocenters. The summed E-state index contributed by atoms with van der Waals surface area (Å²) >= 11 is 5.87. The zero-order chi connectivity index (χ0) is 14.5. The maximum absolute atomic E-state index is 12.0. The van der Waals surface area contributed by atoms with Gasteiger partial charge in [0.2, 0.25) is 5.91 Å². The summed E-state index contributed by atoms with van der Waals surface area (Å²) < 4.78 is 5.42. The molecule has 0 bridgehead atoms. The molecular formula is C14H20Cl2N2O3. The second-order valence-electron chi connectivity index (χ2n) is 4.82. The molecule has 118 valence electrons. The molecule has 0 saturated carbocycles. The number of ether oxygens (including phenoxy) is 1. The van der Waals surface area contributed by atoms with E-state index >= 15 is 0 Å². The van der Waals surface area contributed by atoms with E-state index in [1.165, 1.54) is 0 Å². The van der Waals surface area contributed by atoms with Gasteiger partial charge in [0.1, 0.15) is 6.04 Å². The zero-order valence-electron chi connectivity index (χ0n) is 11.7. The Morgan fingerprint density at radius 3 is 3.05 bits per heavy atom. The Morgan fingerprint density at radius 1 is 1.62 bits per heavy atom. The first kappa shape index (κ1) is 18.2. The highest BCUT2D eigenvalue weighted by atomic mass is 35.5. The quantitative estimate of drug-likeness (QED) is 0.775. The van der Waals surface area contributed by atoms with Crippen LogP contribution in [-0.4, -0.2) is 42.9 Å². The minimum Gasteiger partial charge on any atom is -0.387 e. The van der Waals surface area contributed by atoms with Gasteiger partial charge >= 0.3 is 0 Å². The van der Waals surface area contributed by atoms with Gasteiger partial charge in [0, 0.05) is 18.1 Å². The van der Waals surface area contributed by atoms with Crippen LogP contribution in [0.3, 0.4) is 0 Å². The van der Waals surface area contributed by atoms with E-state index in [9.17, 15) is 9.90 Å². The van der Waals surface area contributed by atoms with Crippen molar-refractivity contribution < 1.29 is 14.6 Å². The van der Waals surface area contributed by atoms with E-state index in [1.807, 2.05) is 6.92 Å². The number of halogens is 2. The number of hydrogen-bond donors (Lipinski definition) is 3. The smallest absolute Gasteiger partial charge is 0.239 e. The van der Waals surface area contributed by atoms with Gasteiger partial charge in [0.25, 0.3) is 0 Å². The summed E-state index contributed by atoms with van der Waals surface area (Å²) in [5.74, 6) is -0.168. The third-order valence-electron chi connectivity index (χ3n) is 3.30. The SMILES string of the molecule is C[C@H]1OCCN[C@@H]1C(=O)NCC(O)c1cccc(Cl)c1.Cl. The molecule has 1 heterocycles. The van der Waals surface area contributed by atoms with Crippen LogP contribution in [0.5, 0.6) is 0 Å². The number of rotatable bonds is 4. The van der Waals surface area contributed by atoms with E-state index in [0.29, 0.717) is 23.7 Å². The van der Waals surface area contributed by atoms with Crippen LogP contribution >= 0.6 is 24.0 Å². The average molecular weight is 335 g/mol. The Morgan fingerprint density at radius 2 is 2.38 bits per heavy atom. The third kappa shape index (κ3) is 5.13. The third-order valence-corrected chi connectivity index (χ3v) is 3.54. The van der Waals surface area contributed by atoms with Gasteiger partial charge in [-0.3, -0.25) is 4.79 Å². The number of benzene rings is 1. The van der Waals surface area contributed by atoms with Crippen molar-refractivity contribution in [3.8, 4) is 0 Å². The lowest BCUT2D eigenvalue weighted by Crippen LogP contribution is -2.55. The van der Waals surface area contributed by atoms with Gasteiger partial charge in [-0.25, -0.2) is 0 Å². The molecule has 1 aliphatic heterocycles. The fourth-order valence-corrected chi connectivity index (χ4v) is 2.36. The monoisotopic (exact) mass is 334 g/mol. The van der Waals surface area contributed by atoms with Gasteiger partial charge < -0.3 is 20.5 Å². The van der Waals surface area contributed by atoms with Crippen molar-refractivity contribution in [2.75, 3.05) is 19.7 Å². The summed E-state index contributed by atoms with van der Waals surface area (Å²) in [6.07, 6.45) is -0.954. The molecule has 1 aromatic carbocycles. The van der Waals surface area contributed by atoms with E-state index < -0.39 is 6.10 Å². The number of hydrogen-bond acceptors (Lipinski definition) is 4. The summed E-state index contributed by atoms with van der Waals surface area (Å²) in [7, 11) is 0. The van der Waals surface area contributed by atoms with Gasteiger partial charge in [0.15, 0.2) is 0 Å². The number of morpholine rings is 1. The van der Waals surface area contributed by atoms with Gasteiger partial charge in [-0.2, -0.15) is 0 Å². The topological polar surface area (TPSA) is 70.6 Å². The first-order valence-corrected chi connectivity index (χ1v) is 7.02. The van der Waals surface area contributed by atoms with Gasteiger partial charge in [0.05, 0.1) is 18.8 Å². The molecule has 1 unspecified atom stereocenters. The minimum atomic E-state index is -0.780. The summed E-state index contributed by atoms with van der Waals surface area (Å²) in [6, 6.07) is 6.58. The van der Waals surface area contributed by atoms with Crippen LogP contribution in [-0.2, 0) is 9.53 Å². The molecule has 0 radical (unpaired) electrons. The van der Waals surface area contributed by atoms with Gasteiger partial charge in [-0.05, 0) is 24.6 Å². The highest BCUT2D eigenvalue weighted by Crippen LogP contribution is 2.17. The van der Waals surface area contributed by atoms with Crippen molar-refractivity contribution in [3.63, 3.8) is 0 Å². The predicted octanol–water partition coefficient (Wildman–Crippen LogP) is 1.29. The molecule has 1 saturated heterocycles. The number of carbonyl (C=O) groups excluding carboxylic acids is 1. The molecular weight excluding hydrogens is 315 g/mol. The Balaban J connectivity index is 0.00000220. The van der Waals surface area contributed by atoms with Crippen molar-refractivity contribution in [2.45, 2.75) is 25.2 Å². The normalized spacial score (nSPS) is 23.0. The van der Waals surface area contributed by atoms with Crippen LogP contribution in [0, 0.1) is 0 Å². The number of aliphatic hydroxyl groups is 1. The summed E-state index contributed by atoms with van der Waals surface area (Å²) in [4.78, 5) is 12.0. The molecule has 0 spiro atoms. The molecule has 1 aromatic rings. The van der Waals surface area contributed by atoms with E-state index in [-0.39, 0.29) is 37.0 Å². The molecule has 1 amide bonds. The Bertz CT molecular complexity index is 473. The van der Waals surface area contributed by atoms with E-state index in [1.54, 1.807) is 24.3 Å². The van der Waals surface area contributed by atoms with Crippen molar-refractivity contribution in [1.82, 2.24) is 10.6 Å². The highest BCUT2D eigenvalue weighted by molar-refractivity contribution is 6.30. The maximum Gasteiger partial charge on any atom is 0.239 e. The molecule has 1 aliphatic rings. The lowest BCUT2D eigenvalue weighted by molar-refractivity contribution is -0.129. The lowest BCUT2D eigenvalue weighted by atomic mass is 10.1. The average Bonchev–Trinajstić information content (AvgIpc) is 2.45. The van der Waals surface area contributed by atoms with Crippen LogP contribution in [0.1, 0.15) is 18.6 Å². The zero-order valence-corrected chi connectivity index (χ0v) is 13.3. The first-order chi connectivity index (χ1) is 9.58. The fraction of sp³-hybridized carbons (Fsp3) is 0.500. The fourth-order valence-electron chi connectivity index (χ4n) is 2.17. The first-order valence-electron chi connectivity index (χ1n) is 6.64. The number of carbonyl (C=O) groups is 1. The largest absolute Gasteiger partial charge is 0.387 e. The molecule has 7 heteroatoms. The van der Waals surface area contributed by atoms with Crippen LogP contribution in [0.25, 0.3) is 0 Å². The Labute approximate surface area is 135 Å². The van der Waals surface area contributed by atoms with Crippen molar-refractivity contribution >= 4 is 29.9 Å². The van der Waals surface area contributed by atoms with Crippen LogP contribution in [0.15, 0.2) is 24.3 Å². The molecule has 21 heavy (non-hydrogen) atoms. The van der Waals surface area contributed by atoms with Crippen LogP contribution < -0.4 is 10.6 Å². The summed E-state index contributed by atoms with van der Waals surface area (Å²) in [5, 5.41) is 16.4. The summed E-state index contributed by atoms with van der Waals surface area (Å²) in [6.45, 7) is 3.25. The van der Waals surface area contributed by atoms with Crippen molar-refractivity contribution in [1.29, 1.82) is 0 Å². The van der Waals surface area contributed by atoms with E-state index in [2.05, 4.69) is 10.6 Å². The van der Waals surface area contributed by atoms with Gasteiger partial charge in [-0.1, -0.05) is 23.7 Å². The lowest BCUT2D eigenvalue weighted by Gasteiger charge is -2.29. The number of nitrogens with one attached hydrogen (secondary N) is 2. The Hall–Kier alpha value is -0.850. The predicted molar refractivity (Wildman–Crippen MR) is 83.9 cm³/mol. The maximum atomic E-state index is 12.0. The Kier molecular flexibility index (Phi) is 7.42.